The molecule has 0 bridgehead atoms. The smallest absolute Gasteiger partial charge is 0.243 e. The minimum Gasteiger partial charge on any atom is -0.358 e. The SMILES string of the molecule is CC(=O)c1ccccc1NC(=O)CN(Cc1ccsc1)c1ccccc1. The van der Waals surface area contributed by atoms with Gasteiger partial charge in [-0.1, -0.05) is 30.3 Å². The molecule has 5 heteroatoms. The van der Waals surface area contributed by atoms with E-state index in [2.05, 4.69) is 16.8 Å². The molecule has 3 aromatic rings. The number of carbonyl (C=O) groups excluding carboxylic acids is 2. The first kappa shape index (κ1) is 17.9. The summed E-state index contributed by atoms with van der Waals surface area (Å²) in [4.78, 5) is 26.4. The van der Waals surface area contributed by atoms with E-state index in [4.69, 9.17) is 0 Å². The van der Waals surface area contributed by atoms with Gasteiger partial charge in [0, 0.05) is 17.8 Å². The predicted molar refractivity (Wildman–Crippen MR) is 107 cm³/mol. The molecular weight excluding hydrogens is 344 g/mol. The lowest BCUT2D eigenvalue weighted by atomic mass is 10.1. The van der Waals surface area contributed by atoms with E-state index in [1.165, 1.54) is 6.92 Å². The molecule has 1 amide bonds. The Hall–Kier alpha value is -2.92. The maximum atomic E-state index is 12.6. The number of hydrogen-bond donors (Lipinski definition) is 1. The van der Waals surface area contributed by atoms with Gasteiger partial charge in [-0.2, -0.15) is 11.3 Å². The van der Waals surface area contributed by atoms with E-state index < -0.39 is 0 Å². The number of para-hydroxylation sites is 2. The number of nitrogens with one attached hydrogen (secondary N) is 1. The zero-order valence-electron chi connectivity index (χ0n) is 14.5. The zero-order chi connectivity index (χ0) is 18.4. The first-order valence-corrected chi connectivity index (χ1v) is 9.28. The fourth-order valence-corrected chi connectivity index (χ4v) is 3.40. The molecule has 1 heterocycles. The number of ketones is 1. The van der Waals surface area contributed by atoms with E-state index in [9.17, 15) is 9.59 Å². The summed E-state index contributed by atoms with van der Waals surface area (Å²) in [5, 5.41) is 6.98. The fraction of sp³-hybridized carbons (Fsp3) is 0.143. The lowest BCUT2D eigenvalue weighted by Gasteiger charge is -2.24. The number of thiophene rings is 1. The Kier molecular flexibility index (Phi) is 5.81. The number of carbonyl (C=O) groups is 2. The minimum absolute atomic E-state index is 0.0703. The summed E-state index contributed by atoms with van der Waals surface area (Å²) in [6, 6.07) is 19.0. The van der Waals surface area contributed by atoms with Gasteiger partial charge in [0.2, 0.25) is 5.91 Å². The molecule has 0 spiro atoms. The Bertz CT molecular complexity index is 876. The van der Waals surface area contributed by atoms with Crippen molar-refractivity contribution in [3.8, 4) is 0 Å². The van der Waals surface area contributed by atoms with Gasteiger partial charge in [-0.05, 0) is 53.6 Å². The summed E-state index contributed by atoms with van der Waals surface area (Å²) in [5.41, 5.74) is 3.21. The second-order valence-electron chi connectivity index (χ2n) is 5.97. The van der Waals surface area contributed by atoms with Gasteiger partial charge in [0.1, 0.15) is 0 Å². The molecule has 3 rings (SSSR count). The van der Waals surface area contributed by atoms with Crippen LogP contribution in [-0.4, -0.2) is 18.2 Å². The number of rotatable bonds is 7. The summed E-state index contributed by atoms with van der Waals surface area (Å²) in [7, 11) is 0. The fourth-order valence-electron chi connectivity index (χ4n) is 2.74. The molecule has 2 aromatic carbocycles. The summed E-state index contributed by atoms with van der Waals surface area (Å²) in [6.07, 6.45) is 0. The topological polar surface area (TPSA) is 49.4 Å². The van der Waals surface area contributed by atoms with Crippen LogP contribution in [0.1, 0.15) is 22.8 Å². The van der Waals surface area contributed by atoms with E-state index in [0.717, 1.165) is 11.3 Å². The second-order valence-corrected chi connectivity index (χ2v) is 6.75. The summed E-state index contributed by atoms with van der Waals surface area (Å²) in [6.45, 7) is 2.35. The van der Waals surface area contributed by atoms with Gasteiger partial charge < -0.3 is 10.2 Å². The maximum Gasteiger partial charge on any atom is 0.243 e. The van der Waals surface area contributed by atoms with Crippen molar-refractivity contribution in [3.63, 3.8) is 0 Å². The number of nitrogens with zero attached hydrogens (tertiary/aromatic N) is 1. The van der Waals surface area contributed by atoms with Crippen LogP contribution in [0.25, 0.3) is 0 Å². The number of benzene rings is 2. The van der Waals surface area contributed by atoms with Gasteiger partial charge >= 0.3 is 0 Å². The lowest BCUT2D eigenvalue weighted by Crippen LogP contribution is -2.33. The third kappa shape index (κ3) is 4.58. The molecule has 1 N–H and O–H groups in total. The Morgan fingerprint density at radius 1 is 1.00 bits per heavy atom. The molecule has 132 valence electrons. The normalized spacial score (nSPS) is 10.3. The highest BCUT2D eigenvalue weighted by molar-refractivity contribution is 7.07. The molecule has 0 aliphatic heterocycles. The Morgan fingerprint density at radius 3 is 2.42 bits per heavy atom. The Morgan fingerprint density at radius 2 is 1.73 bits per heavy atom. The van der Waals surface area contributed by atoms with Crippen LogP contribution in [0.5, 0.6) is 0 Å². The van der Waals surface area contributed by atoms with Crippen molar-refractivity contribution < 1.29 is 9.59 Å². The van der Waals surface area contributed by atoms with Crippen molar-refractivity contribution in [1.29, 1.82) is 0 Å². The van der Waals surface area contributed by atoms with Crippen LogP contribution in [0.4, 0.5) is 11.4 Å². The molecular formula is C21H20N2O2S. The van der Waals surface area contributed by atoms with Crippen LogP contribution < -0.4 is 10.2 Å². The molecule has 0 atom stereocenters. The largest absolute Gasteiger partial charge is 0.358 e. The molecule has 0 aliphatic carbocycles. The van der Waals surface area contributed by atoms with Crippen molar-refractivity contribution in [2.45, 2.75) is 13.5 Å². The molecule has 26 heavy (non-hydrogen) atoms. The predicted octanol–water partition coefficient (Wildman–Crippen LogP) is 4.60. The van der Waals surface area contributed by atoms with Crippen LogP contribution in [-0.2, 0) is 11.3 Å². The summed E-state index contributed by atoms with van der Waals surface area (Å²) >= 11 is 1.64. The van der Waals surface area contributed by atoms with Crippen LogP contribution in [0, 0.1) is 0 Å². The van der Waals surface area contributed by atoms with E-state index >= 15 is 0 Å². The minimum atomic E-state index is -0.155. The highest BCUT2D eigenvalue weighted by atomic mass is 32.1. The maximum absolute atomic E-state index is 12.6. The van der Waals surface area contributed by atoms with E-state index in [0.29, 0.717) is 17.8 Å². The van der Waals surface area contributed by atoms with Gasteiger partial charge in [-0.15, -0.1) is 0 Å². The van der Waals surface area contributed by atoms with Gasteiger partial charge in [0.15, 0.2) is 5.78 Å². The molecule has 0 aliphatic rings. The van der Waals surface area contributed by atoms with Gasteiger partial charge in [0.05, 0.1) is 12.2 Å². The van der Waals surface area contributed by atoms with Crippen LogP contribution in [0.3, 0.4) is 0 Å². The molecule has 0 saturated carbocycles. The first-order valence-electron chi connectivity index (χ1n) is 8.34. The van der Waals surface area contributed by atoms with Crippen LogP contribution in [0.2, 0.25) is 0 Å². The lowest BCUT2D eigenvalue weighted by molar-refractivity contribution is -0.115. The van der Waals surface area contributed by atoms with Crippen LogP contribution >= 0.6 is 11.3 Å². The van der Waals surface area contributed by atoms with Crippen molar-refractivity contribution >= 4 is 34.4 Å². The molecule has 4 nitrogen and oxygen atoms in total. The van der Waals surface area contributed by atoms with E-state index in [1.807, 2.05) is 46.7 Å². The van der Waals surface area contributed by atoms with Gasteiger partial charge in [0.25, 0.3) is 0 Å². The average molecular weight is 364 g/mol. The number of amides is 1. The third-order valence-electron chi connectivity index (χ3n) is 3.99. The highest BCUT2D eigenvalue weighted by Gasteiger charge is 2.15. The summed E-state index contributed by atoms with van der Waals surface area (Å²) < 4.78 is 0. The van der Waals surface area contributed by atoms with E-state index in [-0.39, 0.29) is 18.2 Å². The van der Waals surface area contributed by atoms with E-state index in [1.54, 1.807) is 29.5 Å². The molecule has 0 saturated heterocycles. The Labute approximate surface area is 157 Å². The second kappa shape index (κ2) is 8.45. The average Bonchev–Trinajstić information content (AvgIpc) is 3.15. The number of hydrogen-bond acceptors (Lipinski definition) is 4. The molecule has 0 fully saturated rings. The van der Waals surface area contributed by atoms with Crippen molar-refractivity contribution in [3.05, 3.63) is 82.6 Å². The van der Waals surface area contributed by atoms with Crippen molar-refractivity contribution in [1.82, 2.24) is 0 Å². The van der Waals surface area contributed by atoms with Crippen molar-refractivity contribution in [2.24, 2.45) is 0 Å². The quantitative estimate of drug-likeness (QED) is 0.624. The van der Waals surface area contributed by atoms with Crippen molar-refractivity contribution in [2.75, 3.05) is 16.8 Å². The number of Topliss-reactive ketones (excluding diaryl/α,β-unsaturated/α-hetero) is 1. The monoisotopic (exact) mass is 364 g/mol. The highest BCUT2D eigenvalue weighted by Crippen LogP contribution is 2.19. The zero-order valence-corrected chi connectivity index (χ0v) is 15.3. The molecule has 1 aromatic heterocycles. The van der Waals surface area contributed by atoms with Gasteiger partial charge in [-0.25, -0.2) is 0 Å². The van der Waals surface area contributed by atoms with Gasteiger partial charge in [-0.3, -0.25) is 9.59 Å². The number of anilines is 2. The standard InChI is InChI=1S/C21H20N2O2S/c1-16(24)19-9-5-6-10-20(19)22-21(25)14-23(13-17-11-12-26-15-17)18-7-3-2-4-8-18/h2-12,15H,13-14H2,1H3,(H,22,25). The first-order chi connectivity index (χ1) is 12.6. The molecule has 0 radical (unpaired) electrons. The van der Waals surface area contributed by atoms with Crippen LogP contribution in [0.15, 0.2) is 71.4 Å². The molecule has 0 unspecified atom stereocenters. The summed E-state index contributed by atoms with van der Waals surface area (Å²) in [5.74, 6) is -0.225. The third-order valence-corrected chi connectivity index (χ3v) is 4.72. The Balaban J connectivity index is 1.76.